The molecule has 0 saturated carbocycles. The molecule has 7 nitrogen and oxygen atoms in total. The van der Waals surface area contributed by atoms with Gasteiger partial charge in [0.15, 0.2) is 0 Å². The van der Waals surface area contributed by atoms with E-state index >= 15 is 0 Å². The fraction of sp³-hybridized carbons (Fsp3) is 0.391. The van der Waals surface area contributed by atoms with Gasteiger partial charge in [-0.05, 0) is 68.7 Å². The molecule has 0 aromatic heterocycles. The van der Waals surface area contributed by atoms with Gasteiger partial charge in [0.25, 0.3) is 5.91 Å². The van der Waals surface area contributed by atoms with Gasteiger partial charge in [-0.1, -0.05) is 11.6 Å². The largest absolute Gasteiger partial charge is 0.382 e. The van der Waals surface area contributed by atoms with Crippen LogP contribution >= 0.6 is 11.6 Å². The first-order chi connectivity index (χ1) is 15.1. The molecule has 0 atom stereocenters. The normalized spacial score (nSPS) is 13.2. The Morgan fingerprint density at radius 1 is 1.03 bits per heavy atom. The predicted molar refractivity (Wildman–Crippen MR) is 125 cm³/mol. The number of carbonyl (C=O) groups is 2. The molecule has 1 fully saturated rings. The maximum Gasteiger partial charge on any atom is 0.323 e. The summed E-state index contributed by atoms with van der Waals surface area (Å²) < 4.78 is 5.32. The van der Waals surface area contributed by atoms with Crippen LogP contribution < -0.4 is 20.9 Å². The zero-order valence-electron chi connectivity index (χ0n) is 17.7. The highest BCUT2D eigenvalue weighted by atomic mass is 35.5. The summed E-state index contributed by atoms with van der Waals surface area (Å²) in [5, 5.41) is 9.12. The third-order valence-electron chi connectivity index (χ3n) is 5.00. The molecule has 0 unspecified atom stereocenters. The summed E-state index contributed by atoms with van der Waals surface area (Å²) in [5.41, 5.74) is 2.63. The summed E-state index contributed by atoms with van der Waals surface area (Å²) in [6, 6.07) is 11.9. The molecule has 3 N–H and O–H groups in total. The number of hydrogen-bond acceptors (Lipinski definition) is 4. The summed E-state index contributed by atoms with van der Waals surface area (Å²) in [5.74, 6) is -0.153. The number of carbonyl (C=O) groups excluding carboxylic acids is 2. The quantitative estimate of drug-likeness (QED) is 0.488. The second-order valence-corrected chi connectivity index (χ2v) is 7.75. The fourth-order valence-electron chi connectivity index (χ4n) is 3.47. The molecule has 2 aromatic carbocycles. The molecule has 3 amide bonds. The SMILES string of the molecule is CCOCCCNC(=O)c1cc(NC(=O)Nc2ccc(Cl)cc2)ccc1N1CCCC1. The Morgan fingerprint density at radius 2 is 1.71 bits per heavy atom. The Labute approximate surface area is 188 Å². The molecule has 3 rings (SSSR count). The van der Waals surface area contributed by atoms with Crippen molar-refractivity contribution in [3.8, 4) is 0 Å². The lowest BCUT2D eigenvalue weighted by atomic mass is 10.1. The number of nitrogens with one attached hydrogen (secondary N) is 3. The summed E-state index contributed by atoms with van der Waals surface area (Å²) >= 11 is 5.88. The molecule has 1 saturated heterocycles. The van der Waals surface area contributed by atoms with Crippen LogP contribution in [0.2, 0.25) is 5.02 Å². The van der Waals surface area contributed by atoms with Crippen LogP contribution in [0.5, 0.6) is 0 Å². The van der Waals surface area contributed by atoms with Crippen LogP contribution in [0, 0.1) is 0 Å². The van der Waals surface area contributed by atoms with Crippen LogP contribution in [0.25, 0.3) is 0 Å². The average molecular weight is 445 g/mol. The van der Waals surface area contributed by atoms with E-state index < -0.39 is 0 Å². The second-order valence-electron chi connectivity index (χ2n) is 7.32. The monoisotopic (exact) mass is 444 g/mol. The highest BCUT2D eigenvalue weighted by Gasteiger charge is 2.20. The minimum atomic E-state index is -0.390. The number of nitrogens with zero attached hydrogens (tertiary/aromatic N) is 1. The van der Waals surface area contributed by atoms with Gasteiger partial charge in [-0.3, -0.25) is 4.79 Å². The van der Waals surface area contributed by atoms with Gasteiger partial charge in [-0.15, -0.1) is 0 Å². The van der Waals surface area contributed by atoms with Crippen molar-refractivity contribution in [3.05, 3.63) is 53.1 Å². The summed E-state index contributed by atoms with van der Waals surface area (Å²) in [4.78, 5) is 27.5. The Balaban J connectivity index is 1.69. The van der Waals surface area contributed by atoms with E-state index in [9.17, 15) is 9.59 Å². The Hall–Kier alpha value is -2.77. The first kappa shape index (κ1) is 22.9. The Bertz CT molecular complexity index is 883. The van der Waals surface area contributed by atoms with Crippen molar-refractivity contribution in [3.63, 3.8) is 0 Å². The van der Waals surface area contributed by atoms with Crippen molar-refractivity contribution < 1.29 is 14.3 Å². The Morgan fingerprint density at radius 3 is 2.42 bits per heavy atom. The third kappa shape index (κ3) is 6.87. The molecule has 31 heavy (non-hydrogen) atoms. The van der Waals surface area contributed by atoms with E-state index in [4.69, 9.17) is 16.3 Å². The molecule has 1 heterocycles. The number of ether oxygens (including phenoxy) is 1. The van der Waals surface area contributed by atoms with Gasteiger partial charge in [-0.2, -0.15) is 0 Å². The standard InChI is InChI=1S/C23H29ClN4O3/c1-2-31-15-5-12-25-22(29)20-16-19(10-11-21(20)28-13-3-4-14-28)27-23(30)26-18-8-6-17(24)7-9-18/h6-11,16H,2-5,12-15H2,1H3,(H,25,29)(H2,26,27,30). The number of rotatable bonds is 9. The van der Waals surface area contributed by atoms with Crippen molar-refractivity contribution in [1.29, 1.82) is 0 Å². The number of amides is 3. The van der Waals surface area contributed by atoms with Gasteiger partial charge in [0.1, 0.15) is 0 Å². The summed E-state index contributed by atoms with van der Waals surface area (Å²) in [6.07, 6.45) is 2.97. The minimum absolute atomic E-state index is 0.153. The lowest BCUT2D eigenvalue weighted by Gasteiger charge is -2.22. The first-order valence-corrected chi connectivity index (χ1v) is 11.0. The maximum absolute atomic E-state index is 12.9. The van der Waals surface area contributed by atoms with Crippen LogP contribution in [0.15, 0.2) is 42.5 Å². The van der Waals surface area contributed by atoms with Crippen molar-refractivity contribution in [2.75, 3.05) is 48.4 Å². The van der Waals surface area contributed by atoms with E-state index in [2.05, 4.69) is 20.9 Å². The van der Waals surface area contributed by atoms with E-state index in [1.807, 2.05) is 19.1 Å². The summed E-state index contributed by atoms with van der Waals surface area (Å²) in [7, 11) is 0. The molecule has 8 heteroatoms. The molecular weight excluding hydrogens is 416 g/mol. The fourth-order valence-corrected chi connectivity index (χ4v) is 3.60. The maximum atomic E-state index is 12.9. The van der Waals surface area contributed by atoms with Gasteiger partial charge in [0.2, 0.25) is 0 Å². The van der Waals surface area contributed by atoms with Gasteiger partial charge >= 0.3 is 6.03 Å². The van der Waals surface area contributed by atoms with E-state index in [1.165, 1.54) is 0 Å². The smallest absolute Gasteiger partial charge is 0.323 e. The number of urea groups is 1. The molecule has 0 radical (unpaired) electrons. The van der Waals surface area contributed by atoms with Crippen molar-refractivity contribution in [1.82, 2.24) is 5.32 Å². The predicted octanol–water partition coefficient (Wildman–Crippen LogP) is 4.74. The zero-order valence-corrected chi connectivity index (χ0v) is 18.5. The lowest BCUT2D eigenvalue weighted by Crippen LogP contribution is -2.29. The molecular formula is C23H29ClN4O3. The summed E-state index contributed by atoms with van der Waals surface area (Å²) in [6.45, 7) is 5.61. The van der Waals surface area contributed by atoms with Gasteiger partial charge < -0.3 is 25.6 Å². The molecule has 1 aliphatic rings. The van der Waals surface area contributed by atoms with Gasteiger partial charge in [-0.25, -0.2) is 4.79 Å². The van der Waals surface area contributed by atoms with E-state index in [-0.39, 0.29) is 11.9 Å². The second kappa shape index (κ2) is 11.6. The molecule has 0 bridgehead atoms. The minimum Gasteiger partial charge on any atom is -0.382 e. The van der Waals surface area contributed by atoms with Gasteiger partial charge in [0.05, 0.1) is 5.56 Å². The van der Waals surface area contributed by atoms with Crippen LogP contribution in [0.3, 0.4) is 0 Å². The highest BCUT2D eigenvalue weighted by molar-refractivity contribution is 6.30. The van der Waals surface area contributed by atoms with E-state index in [0.29, 0.717) is 41.7 Å². The zero-order chi connectivity index (χ0) is 22.1. The lowest BCUT2D eigenvalue weighted by molar-refractivity contribution is 0.0944. The van der Waals surface area contributed by atoms with Crippen molar-refractivity contribution in [2.24, 2.45) is 0 Å². The van der Waals surface area contributed by atoms with Crippen molar-refractivity contribution in [2.45, 2.75) is 26.2 Å². The average Bonchev–Trinajstić information content (AvgIpc) is 3.30. The molecule has 2 aromatic rings. The van der Waals surface area contributed by atoms with Crippen molar-refractivity contribution >= 4 is 40.6 Å². The van der Waals surface area contributed by atoms with Gasteiger partial charge in [0, 0.05) is 54.9 Å². The molecule has 0 aliphatic carbocycles. The molecule has 1 aliphatic heterocycles. The molecule has 166 valence electrons. The first-order valence-electron chi connectivity index (χ1n) is 10.7. The number of halogens is 1. The van der Waals surface area contributed by atoms with Crippen LogP contribution in [-0.2, 0) is 4.74 Å². The van der Waals surface area contributed by atoms with Crippen LogP contribution in [0.1, 0.15) is 36.5 Å². The van der Waals surface area contributed by atoms with E-state index in [1.54, 1.807) is 30.3 Å². The highest BCUT2D eigenvalue weighted by Crippen LogP contribution is 2.28. The third-order valence-corrected chi connectivity index (χ3v) is 5.25. The number of anilines is 3. The number of hydrogen-bond donors (Lipinski definition) is 3. The van der Waals surface area contributed by atoms with E-state index in [0.717, 1.165) is 38.0 Å². The number of benzene rings is 2. The topological polar surface area (TPSA) is 82.7 Å². The van der Waals surface area contributed by atoms with Crippen LogP contribution in [-0.4, -0.2) is 44.8 Å². The molecule has 0 spiro atoms. The van der Waals surface area contributed by atoms with Crippen LogP contribution in [0.4, 0.5) is 21.9 Å². The Kier molecular flexibility index (Phi) is 8.55.